The van der Waals surface area contributed by atoms with Gasteiger partial charge in [0.25, 0.3) is 5.91 Å². The second-order valence-corrected chi connectivity index (χ2v) is 12.9. The SMILES string of the molecule is CC(=O)NCCC(=O)Nc1ccccc1-n1ccc(C(=O)N2CCN(C(=O)OC(C)(C)C)C[C@H]2Cc2ccccc2)c1-c1ccccc1. The first-order valence-electron chi connectivity index (χ1n) is 16.2. The lowest BCUT2D eigenvalue weighted by molar-refractivity contribution is -0.119. The van der Waals surface area contributed by atoms with E-state index in [4.69, 9.17) is 4.74 Å². The summed E-state index contributed by atoms with van der Waals surface area (Å²) in [5.41, 5.74) is 3.74. The van der Waals surface area contributed by atoms with Crippen LogP contribution in [-0.4, -0.2) is 76.0 Å². The largest absolute Gasteiger partial charge is 0.444 e. The molecule has 2 heterocycles. The van der Waals surface area contributed by atoms with Gasteiger partial charge in [0.05, 0.1) is 28.7 Å². The first kappa shape index (κ1) is 34.0. The summed E-state index contributed by atoms with van der Waals surface area (Å²) in [5.74, 6) is -0.584. The summed E-state index contributed by atoms with van der Waals surface area (Å²) in [4.78, 5) is 55.4. The molecule has 0 bridgehead atoms. The number of para-hydroxylation sites is 2. The van der Waals surface area contributed by atoms with Gasteiger partial charge in [0.1, 0.15) is 5.60 Å². The Morgan fingerprint density at radius 2 is 1.52 bits per heavy atom. The summed E-state index contributed by atoms with van der Waals surface area (Å²) in [7, 11) is 0. The minimum absolute atomic E-state index is 0.118. The summed E-state index contributed by atoms with van der Waals surface area (Å²) in [5, 5.41) is 5.62. The van der Waals surface area contributed by atoms with Gasteiger partial charge in [0, 0.05) is 45.7 Å². The molecule has 0 spiro atoms. The van der Waals surface area contributed by atoms with Crippen LogP contribution in [0.15, 0.2) is 97.2 Å². The van der Waals surface area contributed by atoms with Crippen molar-refractivity contribution in [3.8, 4) is 16.9 Å². The number of anilines is 1. The van der Waals surface area contributed by atoms with Crippen molar-refractivity contribution in [2.45, 2.75) is 52.2 Å². The Hall–Kier alpha value is -5.38. The Kier molecular flexibility index (Phi) is 10.6. The van der Waals surface area contributed by atoms with Crippen LogP contribution in [0.2, 0.25) is 0 Å². The summed E-state index contributed by atoms with van der Waals surface area (Å²) in [6, 6.07) is 28.6. The molecule has 2 N–H and O–H groups in total. The van der Waals surface area contributed by atoms with Crippen LogP contribution >= 0.6 is 0 Å². The van der Waals surface area contributed by atoms with Gasteiger partial charge in [0.15, 0.2) is 0 Å². The van der Waals surface area contributed by atoms with E-state index in [1.165, 1.54) is 6.92 Å². The van der Waals surface area contributed by atoms with E-state index < -0.39 is 5.60 Å². The lowest BCUT2D eigenvalue weighted by Crippen LogP contribution is -2.57. The highest BCUT2D eigenvalue weighted by Crippen LogP contribution is 2.33. The highest BCUT2D eigenvalue weighted by molar-refractivity contribution is 6.01. The number of nitrogens with one attached hydrogen (secondary N) is 2. The van der Waals surface area contributed by atoms with Crippen molar-refractivity contribution in [3.63, 3.8) is 0 Å². The molecule has 10 nitrogen and oxygen atoms in total. The smallest absolute Gasteiger partial charge is 0.410 e. The van der Waals surface area contributed by atoms with E-state index in [2.05, 4.69) is 10.6 Å². The van der Waals surface area contributed by atoms with Gasteiger partial charge in [-0.15, -0.1) is 0 Å². The number of carbonyl (C=O) groups excluding carboxylic acids is 4. The molecule has 10 heteroatoms. The second-order valence-electron chi connectivity index (χ2n) is 12.9. The van der Waals surface area contributed by atoms with Crippen molar-refractivity contribution >= 4 is 29.5 Å². The molecule has 0 radical (unpaired) electrons. The summed E-state index contributed by atoms with van der Waals surface area (Å²) in [6.07, 6.45) is 2.15. The average Bonchev–Trinajstić information content (AvgIpc) is 3.50. The zero-order valence-corrected chi connectivity index (χ0v) is 27.9. The van der Waals surface area contributed by atoms with Crippen molar-refractivity contribution in [1.29, 1.82) is 0 Å². The van der Waals surface area contributed by atoms with E-state index in [-0.39, 0.29) is 42.8 Å². The molecular formula is C38H43N5O5. The van der Waals surface area contributed by atoms with Crippen molar-refractivity contribution < 1.29 is 23.9 Å². The molecule has 4 amide bonds. The Balaban J connectivity index is 1.49. The van der Waals surface area contributed by atoms with Crippen LogP contribution in [-0.2, 0) is 20.7 Å². The highest BCUT2D eigenvalue weighted by Gasteiger charge is 2.36. The standard InChI is InChI=1S/C38H43N5O5/c1-27(44)39-21-19-34(45)40-32-17-11-12-18-33(32)43-22-20-31(35(43)29-15-9-6-10-16-29)36(46)42-24-23-41(37(47)48-38(2,3)4)26-30(42)25-28-13-7-5-8-14-28/h5-18,20,22,30H,19,21,23-26H2,1-4H3,(H,39,44)(H,40,45)/t30-/m1/s1. The first-order chi connectivity index (χ1) is 23.0. The third-order valence-electron chi connectivity index (χ3n) is 8.04. The zero-order chi connectivity index (χ0) is 34.3. The normalized spacial score (nSPS) is 14.7. The van der Waals surface area contributed by atoms with Crippen LogP contribution in [0.5, 0.6) is 0 Å². The quantitative estimate of drug-likeness (QED) is 0.234. The summed E-state index contributed by atoms with van der Waals surface area (Å²) < 4.78 is 7.61. The molecule has 3 aromatic carbocycles. The van der Waals surface area contributed by atoms with Crippen LogP contribution in [0.1, 0.15) is 50.0 Å². The van der Waals surface area contributed by atoms with Gasteiger partial charge in [-0.1, -0.05) is 72.8 Å². The van der Waals surface area contributed by atoms with Gasteiger partial charge in [-0.3, -0.25) is 14.4 Å². The number of carbonyl (C=O) groups is 4. The van der Waals surface area contributed by atoms with E-state index in [9.17, 15) is 19.2 Å². The molecule has 0 unspecified atom stereocenters. The van der Waals surface area contributed by atoms with Crippen LogP contribution < -0.4 is 10.6 Å². The van der Waals surface area contributed by atoms with Crippen molar-refractivity contribution in [2.75, 3.05) is 31.5 Å². The van der Waals surface area contributed by atoms with Crippen LogP contribution in [0.4, 0.5) is 10.5 Å². The number of hydrogen-bond donors (Lipinski definition) is 2. The Bertz CT molecular complexity index is 1750. The molecule has 0 saturated carbocycles. The Labute approximate surface area is 281 Å². The number of piperazine rings is 1. The molecule has 0 aliphatic carbocycles. The van der Waals surface area contributed by atoms with Crippen LogP contribution in [0.3, 0.4) is 0 Å². The zero-order valence-electron chi connectivity index (χ0n) is 27.9. The topological polar surface area (TPSA) is 113 Å². The maximum Gasteiger partial charge on any atom is 0.410 e. The molecule has 1 fully saturated rings. The number of rotatable bonds is 9. The van der Waals surface area contributed by atoms with E-state index >= 15 is 0 Å². The van der Waals surface area contributed by atoms with E-state index in [1.807, 2.05) is 127 Å². The van der Waals surface area contributed by atoms with Gasteiger partial charge in [-0.05, 0) is 56.5 Å². The highest BCUT2D eigenvalue weighted by atomic mass is 16.6. The molecule has 1 aliphatic heterocycles. The fraction of sp³-hybridized carbons (Fsp3) is 0.316. The molecule has 1 aromatic heterocycles. The third-order valence-corrected chi connectivity index (χ3v) is 8.04. The van der Waals surface area contributed by atoms with Gasteiger partial charge in [-0.25, -0.2) is 4.79 Å². The van der Waals surface area contributed by atoms with Crippen molar-refractivity contribution in [2.24, 2.45) is 0 Å². The van der Waals surface area contributed by atoms with Gasteiger partial charge >= 0.3 is 6.09 Å². The fourth-order valence-corrected chi connectivity index (χ4v) is 5.88. The molecule has 5 rings (SSSR count). The van der Waals surface area contributed by atoms with E-state index in [1.54, 1.807) is 4.90 Å². The average molecular weight is 650 g/mol. The van der Waals surface area contributed by atoms with Crippen LogP contribution in [0.25, 0.3) is 16.9 Å². The molecule has 4 aromatic rings. The maximum absolute atomic E-state index is 14.7. The van der Waals surface area contributed by atoms with Crippen molar-refractivity contribution in [1.82, 2.24) is 19.7 Å². The number of nitrogens with zero attached hydrogens (tertiary/aromatic N) is 3. The van der Waals surface area contributed by atoms with Gasteiger partial charge < -0.3 is 29.7 Å². The minimum atomic E-state index is -0.631. The van der Waals surface area contributed by atoms with Gasteiger partial charge in [-0.2, -0.15) is 0 Å². The number of ether oxygens (including phenoxy) is 1. The number of benzene rings is 3. The summed E-state index contributed by atoms with van der Waals surface area (Å²) in [6.45, 7) is 8.20. The fourth-order valence-electron chi connectivity index (χ4n) is 5.88. The first-order valence-corrected chi connectivity index (χ1v) is 16.2. The lowest BCUT2D eigenvalue weighted by Gasteiger charge is -2.42. The molecule has 1 aliphatic rings. The molecule has 1 saturated heterocycles. The van der Waals surface area contributed by atoms with E-state index in [0.717, 1.165) is 11.1 Å². The Morgan fingerprint density at radius 3 is 2.21 bits per heavy atom. The molecule has 1 atom stereocenters. The van der Waals surface area contributed by atoms with E-state index in [0.29, 0.717) is 48.7 Å². The van der Waals surface area contributed by atoms with Crippen molar-refractivity contribution in [3.05, 3.63) is 108 Å². The number of amides is 4. The van der Waals surface area contributed by atoms with Gasteiger partial charge in [0.2, 0.25) is 11.8 Å². The maximum atomic E-state index is 14.7. The summed E-state index contributed by atoms with van der Waals surface area (Å²) >= 11 is 0. The monoisotopic (exact) mass is 649 g/mol. The minimum Gasteiger partial charge on any atom is -0.444 e. The Morgan fingerprint density at radius 1 is 0.854 bits per heavy atom. The molecule has 48 heavy (non-hydrogen) atoms. The predicted octanol–water partition coefficient (Wildman–Crippen LogP) is 5.91. The second kappa shape index (κ2) is 15.0. The molecular weight excluding hydrogens is 606 g/mol. The number of hydrogen-bond acceptors (Lipinski definition) is 5. The number of aromatic nitrogens is 1. The lowest BCUT2D eigenvalue weighted by atomic mass is 10.00. The third kappa shape index (κ3) is 8.50. The molecule has 250 valence electrons. The van der Waals surface area contributed by atoms with Crippen LogP contribution in [0, 0.1) is 0 Å². The predicted molar refractivity (Wildman–Crippen MR) is 186 cm³/mol.